The van der Waals surface area contributed by atoms with Crippen molar-refractivity contribution in [2.75, 3.05) is 6.54 Å². The minimum atomic E-state index is -1.20. The number of nitrogens with one attached hydrogen (secondary N) is 1. The number of amides is 1. The Kier molecular flexibility index (Phi) is 3.31. The van der Waals surface area contributed by atoms with Crippen molar-refractivity contribution in [3.8, 4) is 0 Å². The van der Waals surface area contributed by atoms with Gasteiger partial charge in [0, 0.05) is 10.9 Å². The Labute approximate surface area is 103 Å². The van der Waals surface area contributed by atoms with Crippen molar-refractivity contribution in [1.82, 2.24) is 5.32 Å². The molecule has 0 bridgehead atoms. The van der Waals surface area contributed by atoms with Gasteiger partial charge in [0.15, 0.2) is 0 Å². The SMILES string of the molecule is C[C@](O)(CNC(=O)c1ccsc1)c1ccco1. The minimum Gasteiger partial charge on any atom is -0.466 e. The van der Waals surface area contributed by atoms with E-state index in [1.54, 1.807) is 30.5 Å². The average Bonchev–Trinajstić information content (AvgIpc) is 2.97. The summed E-state index contributed by atoms with van der Waals surface area (Å²) in [5.41, 5.74) is -0.597. The zero-order valence-electron chi connectivity index (χ0n) is 9.34. The Bertz CT molecular complexity index is 474. The van der Waals surface area contributed by atoms with Gasteiger partial charge in [-0.1, -0.05) is 0 Å². The van der Waals surface area contributed by atoms with Crippen LogP contribution in [0.25, 0.3) is 0 Å². The van der Waals surface area contributed by atoms with Crippen LogP contribution in [0.5, 0.6) is 0 Å². The van der Waals surface area contributed by atoms with Crippen molar-refractivity contribution in [2.45, 2.75) is 12.5 Å². The molecule has 0 unspecified atom stereocenters. The fraction of sp³-hybridized carbons (Fsp3) is 0.250. The zero-order valence-corrected chi connectivity index (χ0v) is 10.2. The maximum Gasteiger partial charge on any atom is 0.252 e. The lowest BCUT2D eigenvalue weighted by molar-refractivity contribution is 0.0330. The molecule has 2 aromatic rings. The molecule has 0 aliphatic rings. The van der Waals surface area contributed by atoms with Crippen molar-refractivity contribution >= 4 is 17.2 Å². The number of furan rings is 1. The standard InChI is InChI=1S/C12H13NO3S/c1-12(15,10-3-2-5-16-10)8-13-11(14)9-4-6-17-7-9/h2-7,15H,8H2,1H3,(H,13,14)/t12-/m0/s1. The first kappa shape index (κ1) is 11.9. The van der Waals surface area contributed by atoms with Crippen LogP contribution in [0.2, 0.25) is 0 Å². The fourth-order valence-electron chi connectivity index (χ4n) is 1.42. The molecule has 2 N–H and O–H groups in total. The van der Waals surface area contributed by atoms with E-state index in [4.69, 9.17) is 4.42 Å². The Hall–Kier alpha value is -1.59. The van der Waals surface area contributed by atoms with Gasteiger partial charge in [-0.25, -0.2) is 0 Å². The van der Waals surface area contributed by atoms with Crippen LogP contribution in [-0.4, -0.2) is 17.6 Å². The summed E-state index contributed by atoms with van der Waals surface area (Å²) in [4.78, 5) is 11.7. The van der Waals surface area contributed by atoms with E-state index >= 15 is 0 Å². The molecule has 1 amide bonds. The fourth-order valence-corrected chi connectivity index (χ4v) is 2.06. The van der Waals surface area contributed by atoms with Crippen LogP contribution in [0.15, 0.2) is 39.6 Å². The quantitative estimate of drug-likeness (QED) is 0.873. The third-order valence-electron chi connectivity index (χ3n) is 2.43. The number of hydrogen-bond acceptors (Lipinski definition) is 4. The maximum atomic E-state index is 11.7. The minimum absolute atomic E-state index is 0.106. The number of hydrogen-bond donors (Lipinski definition) is 2. The number of carbonyl (C=O) groups is 1. The van der Waals surface area contributed by atoms with Gasteiger partial charge in [-0.3, -0.25) is 4.79 Å². The molecule has 0 saturated carbocycles. The summed E-state index contributed by atoms with van der Waals surface area (Å²) in [5, 5.41) is 16.4. The molecular weight excluding hydrogens is 238 g/mol. The molecule has 0 saturated heterocycles. The van der Waals surface area contributed by atoms with Gasteiger partial charge in [-0.2, -0.15) is 11.3 Å². The first-order chi connectivity index (χ1) is 8.09. The first-order valence-electron chi connectivity index (χ1n) is 5.16. The number of carbonyl (C=O) groups excluding carboxylic acids is 1. The Morgan fingerprint density at radius 2 is 2.41 bits per heavy atom. The molecule has 0 aliphatic heterocycles. The second kappa shape index (κ2) is 4.73. The molecule has 5 heteroatoms. The van der Waals surface area contributed by atoms with E-state index in [0.29, 0.717) is 11.3 Å². The lowest BCUT2D eigenvalue weighted by atomic mass is 10.0. The molecule has 0 spiro atoms. The number of rotatable bonds is 4. The number of thiophene rings is 1. The van der Waals surface area contributed by atoms with Crippen molar-refractivity contribution in [2.24, 2.45) is 0 Å². The van der Waals surface area contributed by atoms with Gasteiger partial charge >= 0.3 is 0 Å². The normalized spacial score (nSPS) is 14.2. The largest absolute Gasteiger partial charge is 0.466 e. The predicted molar refractivity (Wildman–Crippen MR) is 64.9 cm³/mol. The van der Waals surface area contributed by atoms with Gasteiger partial charge < -0.3 is 14.8 Å². The summed E-state index contributed by atoms with van der Waals surface area (Å²) in [6.45, 7) is 1.70. The smallest absolute Gasteiger partial charge is 0.252 e. The van der Waals surface area contributed by atoms with Crippen LogP contribution >= 0.6 is 11.3 Å². The Morgan fingerprint density at radius 3 is 3.00 bits per heavy atom. The highest BCUT2D eigenvalue weighted by Gasteiger charge is 2.26. The predicted octanol–water partition coefficient (Wildman–Crippen LogP) is 1.98. The molecule has 2 rings (SSSR count). The van der Waals surface area contributed by atoms with Gasteiger partial charge in [-0.05, 0) is 30.5 Å². The third-order valence-corrected chi connectivity index (χ3v) is 3.11. The summed E-state index contributed by atoms with van der Waals surface area (Å²) in [5.74, 6) is 0.237. The van der Waals surface area contributed by atoms with Crippen LogP contribution in [0.4, 0.5) is 0 Å². The molecular formula is C12H13NO3S. The van der Waals surface area contributed by atoms with E-state index < -0.39 is 5.60 Å². The van der Waals surface area contributed by atoms with Gasteiger partial charge in [0.05, 0.1) is 12.8 Å². The monoisotopic (exact) mass is 251 g/mol. The van der Waals surface area contributed by atoms with Crippen molar-refractivity contribution in [3.05, 3.63) is 46.5 Å². The molecule has 0 radical (unpaired) electrons. The topological polar surface area (TPSA) is 62.5 Å². The Morgan fingerprint density at radius 1 is 1.59 bits per heavy atom. The maximum absolute atomic E-state index is 11.7. The first-order valence-corrected chi connectivity index (χ1v) is 6.10. The lowest BCUT2D eigenvalue weighted by Crippen LogP contribution is -2.38. The van der Waals surface area contributed by atoms with Crippen LogP contribution in [0, 0.1) is 0 Å². The van der Waals surface area contributed by atoms with E-state index in [1.165, 1.54) is 17.6 Å². The van der Waals surface area contributed by atoms with Crippen LogP contribution in [-0.2, 0) is 5.60 Å². The molecule has 0 aliphatic carbocycles. The molecule has 2 heterocycles. The summed E-state index contributed by atoms with van der Waals surface area (Å²) in [6.07, 6.45) is 1.49. The Balaban J connectivity index is 1.96. The molecule has 4 nitrogen and oxygen atoms in total. The van der Waals surface area contributed by atoms with E-state index in [-0.39, 0.29) is 12.5 Å². The summed E-state index contributed by atoms with van der Waals surface area (Å²) in [7, 11) is 0. The third kappa shape index (κ3) is 2.75. The molecule has 0 aromatic carbocycles. The van der Waals surface area contributed by atoms with Gasteiger partial charge in [0.25, 0.3) is 5.91 Å². The highest BCUT2D eigenvalue weighted by atomic mass is 32.1. The van der Waals surface area contributed by atoms with Crippen molar-refractivity contribution in [1.29, 1.82) is 0 Å². The highest BCUT2D eigenvalue weighted by molar-refractivity contribution is 7.08. The van der Waals surface area contributed by atoms with E-state index in [0.717, 1.165) is 0 Å². The highest BCUT2D eigenvalue weighted by Crippen LogP contribution is 2.20. The van der Waals surface area contributed by atoms with Gasteiger partial charge in [-0.15, -0.1) is 0 Å². The lowest BCUT2D eigenvalue weighted by Gasteiger charge is -2.20. The molecule has 2 aromatic heterocycles. The molecule has 90 valence electrons. The van der Waals surface area contributed by atoms with E-state index in [2.05, 4.69) is 5.32 Å². The molecule has 1 atom stereocenters. The number of aliphatic hydroxyl groups is 1. The van der Waals surface area contributed by atoms with Crippen LogP contribution in [0.1, 0.15) is 23.0 Å². The second-order valence-electron chi connectivity index (χ2n) is 3.95. The van der Waals surface area contributed by atoms with Crippen molar-refractivity contribution in [3.63, 3.8) is 0 Å². The summed E-state index contributed by atoms with van der Waals surface area (Å²) in [6, 6.07) is 5.11. The van der Waals surface area contributed by atoms with Crippen LogP contribution in [0.3, 0.4) is 0 Å². The van der Waals surface area contributed by atoms with Crippen LogP contribution < -0.4 is 5.32 Å². The molecule has 17 heavy (non-hydrogen) atoms. The van der Waals surface area contributed by atoms with E-state index in [9.17, 15) is 9.90 Å². The van der Waals surface area contributed by atoms with Gasteiger partial charge in [0.2, 0.25) is 0 Å². The summed E-state index contributed by atoms with van der Waals surface area (Å²) >= 11 is 1.46. The zero-order chi connectivity index (χ0) is 12.3. The second-order valence-corrected chi connectivity index (χ2v) is 4.73. The van der Waals surface area contributed by atoms with Gasteiger partial charge in [0.1, 0.15) is 11.4 Å². The average molecular weight is 251 g/mol. The van der Waals surface area contributed by atoms with E-state index in [1.807, 2.05) is 5.38 Å². The summed E-state index contributed by atoms with van der Waals surface area (Å²) < 4.78 is 5.12. The van der Waals surface area contributed by atoms with Crippen molar-refractivity contribution < 1.29 is 14.3 Å². The molecule has 0 fully saturated rings.